The van der Waals surface area contributed by atoms with E-state index < -0.39 is 0 Å². The molecule has 0 saturated carbocycles. The molecule has 2 aromatic heterocycles. The van der Waals surface area contributed by atoms with Gasteiger partial charge >= 0.3 is 0 Å². The predicted octanol–water partition coefficient (Wildman–Crippen LogP) is 5.72. The molecule has 4 nitrogen and oxygen atoms in total. The zero-order valence-electron chi connectivity index (χ0n) is 14.8. The van der Waals surface area contributed by atoms with Gasteiger partial charge in [0.05, 0.1) is 17.5 Å². The smallest absolute Gasteiger partial charge is 0.166 e. The van der Waals surface area contributed by atoms with Gasteiger partial charge in [0.2, 0.25) is 0 Å². The van der Waals surface area contributed by atoms with Crippen molar-refractivity contribution in [3.63, 3.8) is 0 Å². The highest BCUT2D eigenvalue weighted by Gasteiger charge is 2.28. The molecule has 1 aliphatic rings. The number of hydrogen-bond acceptors (Lipinski definition) is 3. The van der Waals surface area contributed by atoms with Crippen molar-refractivity contribution in [1.82, 2.24) is 14.6 Å². The van der Waals surface area contributed by atoms with E-state index in [1.807, 2.05) is 54.7 Å². The molecule has 1 aliphatic carbocycles. The van der Waals surface area contributed by atoms with Gasteiger partial charge in [-0.15, -0.1) is 0 Å². The molecule has 28 heavy (non-hydrogen) atoms. The molecule has 0 radical (unpaired) electrons. The summed E-state index contributed by atoms with van der Waals surface area (Å²) in [6.07, 6.45) is 4.79. The molecule has 6 heteroatoms. The Balaban J connectivity index is 1.59. The van der Waals surface area contributed by atoms with Crippen molar-refractivity contribution >= 4 is 39.0 Å². The number of rotatable bonds is 2. The monoisotopic (exact) mass is 451 g/mol. The van der Waals surface area contributed by atoms with Crippen molar-refractivity contribution in [2.45, 2.75) is 18.8 Å². The molecular formula is C22H15BrClN3O. The zero-order chi connectivity index (χ0) is 19.3. The fraction of sp³-hybridized carbons (Fsp3) is 0.136. The minimum atomic E-state index is 0.0905. The Bertz CT molecular complexity index is 1220. The number of nitrogens with zero attached hydrogens (tertiary/aromatic N) is 3. The lowest BCUT2D eigenvalue weighted by Crippen LogP contribution is -2.21. The number of halogens is 2. The number of carbonyl (C=O) groups excluding carboxylic acids is 1. The summed E-state index contributed by atoms with van der Waals surface area (Å²) in [4.78, 5) is 17.7. The van der Waals surface area contributed by atoms with Gasteiger partial charge in [0.1, 0.15) is 0 Å². The van der Waals surface area contributed by atoms with E-state index >= 15 is 0 Å². The summed E-state index contributed by atoms with van der Waals surface area (Å²) in [6, 6.07) is 15.8. The van der Waals surface area contributed by atoms with Crippen molar-refractivity contribution in [2.24, 2.45) is 0 Å². The number of Topliss-reactive ketones (excluding diaryl/α,β-unsaturated/α-hetero) is 1. The molecule has 0 aliphatic heterocycles. The van der Waals surface area contributed by atoms with Gasteiger partial charge in [-0.1, -0.05) is 51.8 Å². The highest BCUT2D eigenvalue weighted by molar-refractivity contribution is 9.10. The number of carbonyl (C=O) groups is 1. The van der Waals surface area contributed by atoms with Crippen LogP contribution in [-0.4, -0.2) is 20.4 Å². The molecule has 4 aromatic rings. The quantitative estimate of drug-likeness (QED) is 0.390. The SMILES string of the molecule is O=C1CC(c2cccc(Cl)c2)Cc2nc3c(-c4ccc(Br)cc4)cnn3cc21. The van der Waals surface area contributed by atoms with Crippen molar-refractivity contribution in [1.29, 1.82) is 0 Å². The molecule has 0 saturated heterocycles. The van der Waals surface area contributed by atoms with Crippen LogP contribution in [0.15, 0.2) is 65.4 Å². The summed E-state index contributed by atoms with van der Waals surface area (Å²) in [5, 5.41) is 5.11. The first kappa shape index (κ1) is 17.6. The largest absolute Gasteiger partial charge is 0.294 e. The lowest BCUT2D eigenvalue weighted by Gasteiger charge is -2.23. The lowest BCUT2D eigenvalue weighted by molar-refractivity contribution is 0.0962. The molecule has 2 heterocycles. The van der Waals surface area contributed by atoms with E-state index in [4.69, 9.17) is 16.6 Å². The van der Waals surface area contributed by atoms with E-state index in [2.05, 4.69) is 21.0 Å². The van der Waals surface area contributed by atoms with Gasteiger partial charge < -0.3 is 0 Å². The maximum Gasteiger partial charge on any atom is 0.166 e. The second-order valence-electron chi connectivity index (χ2n) is 7.02. The molecular weight excluding hydrogens is 438 g/mol. The summed E-state index contributed by atoms with van der Waals surface area (Å²) in [5.74, 6) is 0.189. The average molecular weight is 453 g/mol. The van der Waals surface area contributed by atoms with Crippen molar-refractivity contribution in [3.05, 3.63) is 87.2 Å². The topological polar surface area (TPSA) is 47.3 Å². The first-order valence-corrected chi connectivity index (χ1v) is 10.2. The summed E-state index contributed by atoms with van der Waals surface area (Å²) >= 11 is 9.61. The molecule has 1 atom stereocenters. The second kappa shape index (κ2) is 6.83. The normalized spacial score (nSPS) is 16.4. The summed E-state index contributed by atoms with van der Waals surface area (Å²) in [7, 11) is 0. The van der Waals surface area contributed by atoms with Gasteiger partial charge in [-0.25, -0.2) is 9.50 Å². The number of ketones is 1. The highest BCUT2D eigenvalue weighted by atomic mass is 79.9. The van der Waals surface area contributed by atoms with Crippen LogP contribution in [0.3, 0.4) is 0 Å². The van der Waals surface area contributed by atoms with Crippen LogP contribution in [0.25, 0.3) is 16.8 Å². The summed E-state index contributed by atoms with van der Waals surface area (Å²) in [6.45, 7) is 0. The fourth-order valence-corrected chi connectivity index (χ4v) is 4.27. The van der Waals surface area contributed by atoms with Crippen LogP contribution in [0, 0.1) is 0 Å². The van der Waals surface area contributed by atoms with Crippen molar-refractivity contribution in [2.75, 3.05) is 0 Å². The molecule has 138 valence electrons. The number of benzene rings is 2. The minimum Gasteiger partial charge on any atom is -0.294 e. The van der Waals surface area contributed by atoms with Crippen LogP contribution < -0.4 is 0 Å². The van der Waals surface area contributed by atoms with E-state index in [-0.39, 0.29) is 11.7 Å². The van der Waals surface area contributed by atoms with Gasteiger partial charge in [-0.3, -0.25) is 4.79 Å². The Hall–Kier alpha value is -2.50. The van der Waals surface area contributed by atoms with Gasteiger partial charge in [-0.05, 0) is 47.7 Å². The van der Waals surface area contributed by atoms with Crippen LogP contribution in [0.2, 0.25) is 5.02 Å². The van der Waals surface area contributed by atoms with Crippen LogP contribution >= 0.6 is 27.5 Å². The maximum atomic E-state index is 12.8. The standard InChI is InChI=1S/C22H15BrClN3O/c23-16-6-4-13(5-7-16)18-11-25-27-12-19-20(26-22(18)27)9-15(10-21(19)28)14-2-1-3-17(24)8-14/h1-8,11-12,15H,9-10H2. The first-order chi connectivity index (χ1) is 13.6. The Morgan fingerprint density at radius 1 is 1.07 bits per heavy atom. The number of hydrogen-bond donors (Lipinski definition) is 0. The third-order valence-corrected chi connectivity index (χ3v) is 5.98. The Kier molecular flexibility index (Phi) is 4.29. The predicted molar refractivity (Wildman–Crippen MR) is 113 cm³/mol. The van der Waals surface area contributed by atoms with E-state index in [1.165, 1.54) is 0 Å². The van der Waals surface area contributed by atoms with Gasteiger partial charge in [0.15, 0.2) is 11.4 Å². The third-order valence-electron chi connectivity index (χ3n) is 5.22. The van der Waals surface area contributed by atoms with E-state index in [9.17, 15) is 4.79 Å². The van der Waals surface area contributed by atoms with Crippen LogP contribution in [0.1, 0.15) is 34.0 Å². The maximum absolute atomic E-state index is 12.8. The van der Waals surface area contributed by atoms with Crippen molar-refractivity contribution < 1.29 is 4.79 Å². The molecule has 0 spiro atoms. The molecule has 0 amide bonds. The van der Waals surface area contributed by atoms with Gasteiger partial charge in [-0.2, -0.15) is 5.10 Å². The van der Waals surface area contributed by atoms with Crippen molar-refractivity contribution in [3.8, 4) is 11.1 Å². The fourth-order valence-electron chi connectivity index (χ4n) is 3.80. The molecule has 0 bridgehead atoms. The lowest BCUT2D eigenvalue weighted by atomic mass is 9.82. The molecule has 0 fully saturated rings. The average Bonchev–Trinajstić information content (AvgIpc) is 3.10. The zero-order valence-corrected chi connectivity index (χ0v) is 17.1. The Morgan fingerprint density at radius 3 is 2.68 bits per heavy atom. The van der Waals surface area contributed by atoms with E-state index in [0.717, 1.165) is 32.5 Å². The van der Waals surface area contributed by atoms with E-state index in [0.29, 0.717) is 23.4 Å². The van der Waals surface area contributed by atoms with Gasteiger partial charge in [0, 0.05) is 27.7 Å². The highest BCUT2D eigenvalue weighted by Crippen LogP contribution is 2.34. The Morgan fingerprint density at radius 2 is 1.89 bits per heavy atom. The molecule has 5 rings (SSSR count). The number of fused-ring (bicyclic) bond motifs is 2. The van der Waals surface area contributed by atoms with Crippen LogP contribution in [-0.2, 0) is 6.42 Å². The minimum absolute atomic E-state index is 0.0905. The third kappa shape index (κ3) is 3.05. The summed E-state index contributed by atoms with van der Waals surface area (Å²) < 4.78 is 2.72. The van der Waals surface area contributed by atoms with Gasteiger partial charge in [0.25, 0.3) is 0 Å². The molecule has 1 unspecified atom stereocenters. The second-order valence-corrected chi connectivity index (χ2v) is 8.37. The number of aromatic nitrogens is 3. The van der Waals surface area contributed by atoms with Crippen LogP contribution in [0.5, 0.6) is 0 Å². The summed E-state index contributed by atoms with van der Waals surface area (Å²) in [5.41, 5.74) is 5.33. The first-order valence-electron chi connectivity index (χ1n) is 9.00. The Labute approximate surface area is 175 Å². The molecule has 0 N–H and O–H groups in total. The van der Waals surface area contributed by atoms with E-state index in [1.54, 1.807) is 10.7 Å². The van der Waals surface area contributed by atoms with Crippen LogP contribution in [0.4, 0.5) is 0 Å². The molecule has 2 aromatic carbocycles.